The largest absolute Gasteiger partial charge is 0.497 e. The average Bonchev–Trinajstić information content (AvgIpc) is 3.12. The Kier molecular flexibility index (Phi) is 5.64. The predicted octanol–water partition coefficient (Wildman–Crippen LogP) is 4.71. The van der Waals surface area contributed by atoms with Gasteiger partial charge in [0.15, 0.2) is 0 Å². The Balaban J connectivity index is 1.30. The number of ether oxygens (including phenoxy) is 2. The third-order valence-corrected chi connectivity index (χ3v) is 5.36. The molecule has 0 unspecified atom stereocenters. The fourth-order valence-corrected chi connectivity index (χ4v) is 3.83. The number of rotatable bonds is 7. The first-order valence-electron chi connectivity index (χ1n) is 9.89. The Bertz CT molecular complexity index is 864. The van der Waals surface area contributed by atoms with Gasteiger partial charge in [-0.3, -0.25) is 4.90 Å². The molecule has 1 aliphatic heterocycles. The van der Waals surface area contributed by atoms with Gasteiger partial charge >= 0.3 is 0 Å². The summed E-state index contributed by atoms with van der Waals surface area (Å²) < 4.78 is 13.5. The lowest BCUT2D eigenvalue weighted by atomic mass is 10.1. The van der Waals surface area contributed by atoms with Gasteiger partial charge in [-0.1, -0.05) is 18.6 Å². The fraction of sp³-hybridized carbons (Fsp3) is 0.391. The molecule has 0 N–H and O–H groups in total. The Labute approximate surface area is 161 Å². The van der Waals surface area contributed by atoms with E-state index in [9.17, 15) is 0 Å². The number of hydrogen-bond donors (Lipinski definition) is 0. The summed E-state index contributed by atoms with van der Waals surface area (Å²) in [5.41, 5.74) is 2.57. The molecule has 0 radical (unpaired) electrons. The number of hydrogen-bond acceptors (Lipinski definition) is 3. The molecule has 4 heteroatoms. The molecule has 0 saturated carbocycles. The Morgan fingerprint density at radius 1 is 0.889 bits per heavy atom. The highest BCUT2D eigenvalue weighted by Crippen LogP contribution is 2.22. The van der Waals surface area contributed by atoms with Crippen LogP contribution < -0.4 is 9.47 Å². The molecule has 4 rings (SSSR count). The zero-order valence-corrected chi connectivity index (χ0v) is 16.1. The van der Waals surface area contributed by atoms with Crippen LogP contribution in [0.25, 0.3) is 10.9 Å². The topological polar surface area (TPSA) is 26.6 Å². The van der Waals surface area contributed by atoms with Gasteiger partial charge in [-0.05, 0) is 67.9 Å². The molecule has 1 aliphatic rings. The summed E-state index contributed by atoms with van der Waals surface area (Å²) in [6, 6.07) is 16.9. The second-order valence-corrected chi connectivity index (χ2v) is 7.26. The van der Waals surface area contributed by atoms with E-state index in [2.05, 4.69) is 58.1 Å². The average molecular weight is 364 g/mol. The van der Waals surface area contributed by atoms with Crippen LogP contribution in [-0.4, -0.2) is 36.3 Å². The number of fused-ring (bicyclic) bond motifs is 1. The van der Waals surface area contributed by atoms with Crippen molar-refractivity contribution in [3.05, 3.63) is 60.3 Å². The molecule has 3 aromatic rings. The van der Waals surface area contributed by atoms with Gasteiger partial charge in [0.25, 0.3) is 0 Å². The van der Waals surface area contributed by atoms with Crippen LogP contribution in [0.1, 0.15) is 24.8 Å². The second-order valence-electron chi connectivity index (χ2n) is 7.26. The van der Waals surface area contributed by atoms with E-state index in [1.165, 1.54) is 48.8 Å². The lowest BCUT2D eigenvalue weighted by molar-refractivity contribution is 0.221. The van der Waals surface area contributed by atoms with Gasteiger partial charge in [-0.25, -0.2) is 0 Å². The molecule has 1 aromatic heterocycles. The molecule has 0 amide bonds. The summed E-state index contributed by atoms with van der Waals surface area (Å²) in [5.74, 6) is 1.83. The standard InChI is InChI=1S/C23H28N2O2/c1-26-22-9-10-23-20(17-22)11-14-25(23)15-16-27-21-7-5-19(6-8-21)18-24-12-3-2-4-13-24/h5-11,14,17H,2-4,12-13,15-16,18H2,1H3. The van der Waals surface area contributed by atoms with Crippen molar-refractivity contribution in [1.82, 2.24) is 9.47 Å². The smallest absolute Gasteiger partial charge is 0.119 e. The number of methoxy groups -OCH3 is 1. The van der Waals surface area contributed by atoms with Crippen LogP contribution in [0.3, 0.4) is 0 Å². The highest BCUT2D eigenvalue weighted by atomic mass is 16.5. The Morgan fingerprint density at radius 3 is 2.44 bits per heavy atom. The zero-order chi connectivity index (χ0) is 18.5. The maximum Gasteiger partial charge on any atom is 0.119 e. The van der Waals surface area contributed by atoms with E-state index < -0.39 is 0 Å². The summed E-state index contributed by atoms with van der Waals surface area (Å²) in [6.45, 7) is 5.00. The zero-order valence-electron chi connectivity index (χ0n) is 16.1. The van der Waals surface area contributed by atoms with Crippen LogP contribution in [0, 0.1) is 0 Å². The lowest BCUT2D eigenvalue weighted by Crippen LogP contribution is -2.29. The van der Waals surface area contributed by atoms with Crippen molar-refractivity contribution in [3.63, 3.8) is 0 Å². The molecule has 2 heterocycles. The summed E-state index contributed by atoms with van der Waals surface area (Å²) >= 11 is 0. The van der Waals surface area contributed by atoms with E-state index in [0.29, 0.717) is 6.61 Å². The van der Waals surface area contributed by atoms with Gasteiger partial charge in [-0.15, -0.1) is 0 Å². The minimum absolute atomic E-state index is 0.654. The first-order chi connectivity index (χ1) is 13.3. The molecular formula is C23H28N2O2. The van der Waals surface area contributed by atoms with Crippen molar-refractivity contribution < 1.29 is 9.47 Å². The minimum Gasteiger partial charge on any atom is -0.497 e. The number of aromatic nitrogens is 1. The lowest BCUT2D eigenvalue weighted by Gasteiger charge is -2.26. The van der Waals surface area contributed by atoms with Crippen LogP contribution >= 0.6 is 0 Å². The van der Waals surface area contributed by atoms with Crippen molar-refractivity contribution in [2.75, 3.05) is 26.8 Å². The first-order valence-corrected chi connectivity index (χ1v) is 9.89. The van der Waals surface area contributed by atoms with Crippen molar-refractivity contribution in [1.29, 1.82) is 0 Å². The van der Waals surface area contributed by atoms with Crippen LogP contribution in [0.5, 0.6) is 11.5 Å². The monoisotopic (exact) mass is 364 g/mol. The van der Waals surface area contributed by atoms with Crippen LogP contribution in [0.4, 0.5) is 0 Å². The molecule has 1 fully saturated rings. The van der Waals surface area contributed by atoms with Gasteiger partial charge in [-0.2, -0.15) is 0 Å². The molecule has 27 heavy (non-hydrogen) atoms. The number of piperidine rings is 1. The van der Waals surface area contributed by atoms with E-state index in [1.807, 2.05) is 6.07 Å². The molecule has 4 nitrogen and oxygen atoms in total. The van der Waals surface area contributed by atoms with Crippen LogP contribution in [0.2, 0.25) is 0 Å². The molecule has 0 atom stereocenters. The number of benzene rings is 2. The van der Waals surface area contributed by atoms with E-state index in [1.54, 1.807) is 7.11 Å². The van der Waals surface area contributed by atoms with Crippen molar-refractivity contribution >= 4 is 10.9 Å². The molecular weight excluding hydrogens is 336 g/mol. The SMILES string of the molecule is COc1ccc2c(ccn2CCOc2ccc(CN3CCCCC3)cc2)c1. The fourth-order valence-electron chi connectivity index (χ4n) is 3.83. The summed E-state index contributed by atoms with van der Waals surface area (Å²) in [4.78, 5) is 2.55. The third kappa shape index (κ3) is 4.45. The van der Waals surface area contributed by atoms with E-state index >= 15 is 0 Å². The van der Waals surface area contributed by atoms with Crippen molar-refractivity contribution in [2.45, 2.75) is 32.4 Å². The van der Waals surface area contributed by atoms with Crippen molar-refractivity contribution in [2.24, 2.45) is 0 Å². The minimum atomic E-state index is 0.654. The summed E-state index contributed by atoms with van der Waals surface area (Å²) in [5, 5.41) is 1.19. The molecule has 0 bridgehead atoms. The quantitative estimate of drug-likeness (QED) is 0.607. The van der Waals surface area contributed by atoms with Crippen LogP contribution in [0.15, 0.2) is 54.7 Å². The number of nitrogens with zero attached hydrogens (tertiary/aromatic N) is 2. The molecule has 2 aromatic carbocycles. The maximum absolute atomic E-state index is 5.96. The van der Waals surface area contributed by atoms with Gasteiger partial charge in [0.2, 0.25) is 0 Å². The van der Waals surface area contributed by atoms with Gasteiger partial charge in [0.1, 0.15) is 18.1 Å². The molecule has 1 saturated heterocycles. The van der Waals surface area contributed by atoms with Crippen molar-refractivity contribution in [3.8, 4) is 11.5 Å². The first kappa shape index (κ1) is 17.9. The summed E-state index contributed by atoms with van der Waals surface area (Å²) in [7, 11) is 1.70. The van der Waals surface area contributed by atoms with Gasteiger partial charge in [0.05, 0.1) is 13.7 Å². The Hall–Kier alpha value is -2.46. The van der Waals surface area contributed by atoms with Gasteiger partial charge < -0.3 is 14.0 Å². The van der Waals surface area contributed by atoms with Gasteiger partial charge in [0, 0.05) is 23.6 Å². The molecule has 142 valence electrons. The van der Waals surface area contributed by atoms with E-state index in [4.69, 9.17) is 9.47 Å². The third-order valence-electron chi connectivity index (χ3n) is 5.36. The number of likely N-dealkylation sites (tertiary alicyclic amines) is 1. The predicted molar refractivity (Wildman–Crippen MR) is 110 cm³/mol. The highest BCUT2D eigenvalue weighted by molar-refractivity contribution is 5.81. The van der Waals surface area contributed by atoms with Crippen LogP contribution in [-0.2, 0) is 13.1 Å². The van der Waals surface area contributed by atoms with E-state index in [0.717, 1.165) is 24.6 Å². The molecule has 0 aliphatic carbocycles. The molecule has 0 spiro atoms. The maximum atomic E-state index is 5.96. The highest BCUT2D eigenvalue weighted by Gasteiger charge is 2.10. The Morgan fingerprint density at radius 2 is 1.67 bits per heavy atom. The van der Waals surface area contributed by atoms with E-state index in [-0.39, 0.29) is 0 Å². The normalized spacial score (nSPS) is 15.1. The second kappa shape index (κ2) is 8.49. The summed E-state index contributed by atoms with van der Waals surface area (Å²) in [6.07, 6.45) is 6.16.